The Balaban J connectivity index is 1.27. The molecule has 0 aromatic carbocycles. The highest BCUT2D eigenvalue weighted by Crippen LogP contribution is 2.63. The molecule has 2 heterocycles. The Morgan fingerprint density at radius 2 is 1.97 bits per heavy atom. The molecule has 6 heteroatoms. The van der Waals surface area contributed by atoms with Gasteiger partial charge in [-0.05, 0) is 62.2 Å². The Labute approximate surface area is 208 Å². The quantitative estimate of drug-likeness (QED) is 0.332. The summed E-state index contributed by atoms with van der Waals surface area (Å²) in [5.74, 6) is 1.82. The highest BCUT2D eigenvalue weighted by molar-refractivity contribution is 7.08. The van der Waals surface area contributed by atoms with E-state index in [0.717, 1.165) is 38.7 Å². The van der Waals surface area contributed by atoms with Crippen LogP contribution >= 0.6 is 11.3 Å². The smallest absolute Gasteiger partial charge is 0.342 e. The molecule has 0 radical (unpaired) electrons. The molecule has 1 aromatic rings. The maximum absolute atomic E-state index is 12.0. The van der Waals surface area contributed by atoms with E-state index in [0.29, 0.717) is 41.8 Å². The van der Waals surface area contributed by atoms with Gasteiger partial charge in [-0.2, -0.15) is 0 Å². The van der Waals surface area contributed by atoms with E-state index in [2.05, 4.69) is 20.4 Å². The molecule has 34 heavy (non-hydrogen) atoms. The Morgan fingerprint density at radius 1 is 1.18 bits per heavy atom. The molecule has 1 aromatic heterocycles. The summed E-state index contributed by atoms with van der Waals surface area (Å²) in [5.41, 5.74) is 2.08. The van der Waals surface area contributed by atoms with E-state index in [9.17, 15) is 4.79 Å². The van der Waals surface area contributed by atoms with Gasteiger partial charge < -0.3 is 18.9 Å². The first-order valence-corrected chi connectivity index (χ1v) is 14.0. The predicted octanol–water partition coefficient (Wildman–Crippen LogP) is 6.62. The molecule has 188 valence electrons. The maximum Gasteiger partial charge on any atom is 0.342 e. The van der Waals surface area contributed by atoms with Crippen molar-refractivity contribution in [1.82, 2.24) is 0 Å². The van der Waals surface area contributed by atoms with E-state index in [1.54, 1.807) is 5.38 Å². The van der Waals surface area contributed by atoms with Crippen molar-refractivity contribution < 1.29 is 23.7 Å². The summed E-state index contributed by atoms with van der Waals surface area (Å²) in [7, 11) is 1.41. The Bertz CT molecular complexity index is 904. The number of hydrogen-bond acceptors (Lipinski definition) is 6. The molecular formula is C28H40O5S. The first kappa shape index (κ1) is 24.3. The first-order chi connectivity index (χ1) is 16.4. The van der Waals surface area contributed by atoms with Crippen LogP contribution < -0.4 is 4.74 Å². The molecular weight excluding hydrogens is 448 g/mol. The van der Waals surface area contributed by atoms with Gasteiger partial charge in [0.2, 0.25) is 0 Å². The third-order valence-electron chi connectivity index (χ3n) is 9.65. The van der Waals surface area contributed by atoms with Crippen molar-refractivity contribution in [2.45, 2.75) is 84.0 Å². The van der Waals surface area contributed by atoms with Crippen LogP contribution in [-0.4, -0.2) is 38.7 Å². The van der Waals surface area contributed by atoms with E-state index in [4.69, 9.17) is 18.9 Å². The molecule has 0 spiro atoms. The Morgan fingerprint density at radius 3 is 2.74 bits per heavy atom. The summed E-state index contributed by atoms with van der Waals surface area (Å²) in [6.07, 6.45) is 10.8. The van der Waals surface area contributed by atoms with Crippen molar-refractivity contribution in [3.8, 4) is 5.75 Å². The van der Waals surface area contributed by atoms with Gasteiger partial charge in [0.25, 0.3) is 0 Å². The van der Waals surface area contributed by atoms with Crippen LogP contribution in [0.1, 0.15) is 82.0 Å². The van der Waals surface area contributed by atoms with Crippen LogP contribution in [0.2, 0.25) is 0 Å². The third-order valence-corrected chi connectivity index (χ3v) is 10.4. The topological polar surface area (TPSA) is 54.0 Å². The van der Waals surface area contributed by atoms with Gasteiger partial charge in [-0.3, -0.25) is 0 Å². The second-order valence-corrected chi connectivity index (χ2v) is 12.2. The van der Waals surface area contributed by atoms with Crippen molar-refractivity contribution >= 4 is 17.3 Å². The second-order valence-electron chi connectivity index (χ2n) is 11.5. The number of fused-ring (bicyclic) bond motifs is 3. The summed E-state index contributed by atoms with van der Waals surface area (Å²) in [6.45, 7) is 10.8. The molecule has 5 nitrogen and oxygen atoms in total. The maximum atomic E-state index is 12.0. The zero-order valence-electron chi connectivity index (χ0n) is 21.0. The molecule has 5 rings (SSSR count). The fourth-order valence-corrected chi connectivity index (χ4v) is 8.54. The highest BCUT2D eigenvalue weighted by atomic mass is 32.1. The molecule has 1 aliphatic heterocycles. The molecule has 1 unspecified atom stereocenters. The number of allylic oxidation sites excluding steroid dienone is 1. The van der Waals surface area contributed by atoms with E-state index in [1.807, 2.05) is 5.38 Å². The predicted molar refractivity (Wildman–Crippen MR) is 133 cm³/mol. The van der Waals surface area contributed by atoms with Crippen LogP contribution in [0.25, 0.3) is 0 Å². The third kappa shape index (κ3) is 4.14. The largest absolute Gasteiger partial charge is 0.492 e. The lowest BCUT2D eigenvalue weighted by Crippen LogP contribution is -2.62. The molecule has 3 saturated carbocycles. The zero-order valence-corrected chi connectivity index (χ0v) is 21.8. The number of methoxy groups -OCH3 is 1. The summed E-state index contributed by atoms with van der Waals surface area (Å²) in [5, 5.41) is 3.68. The normalized spacial score (nSPS) is 38.3. The number of rotatable bonds is 6. The van der Waals surface area contributed by atoms with Crippen LogP contribution in [0, 0.1) is 28.6 Å². The molecule has 0 amide bonds. The fourth-order valence-electron chi connectivity index (χ4n) is 7.80. The van der Waals surface area contributed by atoms with Gasteiger partial charge in [0, 0.05) is 22.1 Å². The van der Waals surface area contributed by atoms with Gasteiger partial charge in [-0.15, -0.1) is 11.3 Å². The minimum atomic E-state index is -0.343. The van der Waals surface area contributed by atoms with Crippen molar-refractivity contribution in [3.63, 3.8) is 0 Å². The number of esters is 1. The number of ether oxygens (including phenoxy) is 4. The van der Waals surface area contributed by atoms with E-state index >= 15 is 0 Å². The Hall–Kier alpha value is -1.37. The summed E-state index contributed by atoms with van der Waals surface area (Å²) >= 11 is 1.46. The number of carbonyl (C=O) groups excluding carboxylic acids is 1. The monoisotopic (exact) mass is 488 g/mol. The van der Waals surface area contributed by atoms with Gasteiger partial charge in [0.15, 0.2) is 6.29 Å². The van der Waals surface area contributed by atoms with Crippen LogP contribution in [0.4, 0.5) is 0 Å². The standard InChI is InChI=1S/C28H40O5S/c1-18-9-10-23-27(2,21(18)12-14-31-22-16-34-15-20(22)25(29)30-4)13-11-24-28(23,3)17-32-26(33-24)19-7-5-6-8-19/h15-16,19,21,23-24,26H,1,5-14,17H2,2-4H3/t21-,23?,24-,26-,27+,28+/m1/s1. The van der Waals surface area contributed by atoms with Crippen molar-refractivity contribution in [3.05, 3.63) is 28.5 Å². The van der Waals surface area contributed by atoms with Crippen LogP contribution in [0.5, 0.6) is 5.75 Å². The van der Waals surface area contributed by atoms with Crippen molar-refractivity contribution in [1.29, 1.82) is 0 Å². The summed E-state index contributed by atoms with van der Waals surface area (Å²) in [4.78, 5) is 12.0. The average molecular weight is 489 g/mol. The van der Waals surface area contributed by atoms with Crippen LogP contribution in [-0.2, 0) is 14.2 Å². The van der Waals surface area contributed by atoms with E-state index in [-0.39, 0.29) is 23.1 Å². The molecule has 0 bridgehead atoms. The fraction of sp³-hybridized carbons (Fsp3) is 0.750. The van der Waals surface area contributed by atoms with Crippen molar-refractivity contribution in [2.24, 2.45) is 28.6 Å². The van der Waals surface area contributed by atoms with E-state index < -0.39 is 0 Å². The van der Waals surface area contributed by atoms with Crippen molar-refractivity contribution in [2.75, 3.05) is 20.3 Å². The number of hydrogen-bond donors (Lipinski definition) is 0. The lowest BCUT2D eigenvalue weighted by Gasteiger charge is -2.63. The van der Waals surface area contributed by atoms with Gasteiger partial charge in [0.1, 0.15) is 11.3 Å². The average Bonchev–Trinajstić information content (AvgIpc) is 3.52. The molecule has 0 N–H and O–H groups in total. The Kier molecular flexibility index (Phi) is 6.86. The summed E-state index contributed by atoms with van der Waals surface area (Å²) in [6, 6.07) is 0. The van der Waals surface area contributed by atoms with Gasteiger partial charge in [-0.25, -0.2) is 4.79 Å². The number of carbonyl (C=O) groups is 1. The lowest BCUT2D eigenvalue weighted by atomic mass is 9.46. The summed E-state index contributed by atoms with van der Waals surface area (Å²) < 4.78 is 24.1. The number of thiophene rings is 1. The second kappa shape index (κ2) is 9.59. The van der Waals surface area contributed by atoms with E-state index in [1.165, 1.54) is 49.7 Å². The molecule has 4 aliphatic rings. The molecule has 6 atom stereocenters. The van der Waals surface area contributed by atoms with Gasteiger partial charge in [-0.1, -0.05) is 38.8 Å². The minimum absolute atomic E-state index is 0.00213. The lowest BCUT2D eigenvalue weighted by molar-refractivity contribution is -0.316. The molecule has 1 saturated heterocycles. The molecule has 4 fully saturated rings. The van der Waals surface area contributed by atoms with Crippen LogP contribution in [0.3, 0.4) is 0 Å². The SMILES string of the molecule is C=C1CCC2[C@]3(C)CO[C@@H](C4CCCC4)O[C@@H]3CC[C@@]2(C)[C@@H]1CCOc1cscc1C(=O)OC. The highest BCUT2D eigenvalue weighted by Gasteiger charge is 2.60. The minimum Gasteiger partial charge on any atom is -0.492 e. The van der Waals surface area contributed by atoms with Crippen LogP contribution in [0.15, 0.2) is 22.9 Å². The zero-order chi connectivity index (χ0) is 23.9. The first-order valence-electron chi connectivity index (χ1n) is 13.1. The van der Waals surface area contributed by atoms with Gasteiger partial charge in [0.05, 0.1) is 26.4 Å². The molecule has 3 aliphatic carbocycles. The van der Waals surface area contributed by atoms with Gasteiger partial charge >= 0.3 is 5.97 Å².